The topological polar surface area (TPSA) is 33.3 Å². The second-order valence-electron chi connectivity index (χ2n) is 5.16. The van der Waals surface area contributed by atoms with Gasteiger partial charge in [-0.05, 0) is 33.6 Å². The molecular weight excluding hydrogens is 176 g/mol. The van der Waals surface area contributed by atoms with Gasteiger partial charge in [-0.1, -0.05) is 0 Å². The van der Waals surface area contributed by atoms with Crippen molar-refractivity contribution in [1.29, 1.82) is 0 Å². The summed E-state index contributed by atoms with van der Waals surface area (Å²) in [5.74, 6) is 0. The van der Waals surface area contributed by atoms with E-state index in [2.05, 4.69) is 31.4 Å². The van der Waals surface area contributed by atoms with Gasteiger partial charge in [0.25, 0.3) is 0 Å². The van der Waals surface area contributed by atoms with Gasteiger partial charge in [-0.3, -0.25) is 0 Å². The van der Waals surface area contributed by atoms with Crippen LogP contribution in [0.15, 0.2) is 0 Å². The van der Waals surface area contributed by atoms with Gasteiger partial charge in [-0.2, -0.15) is 0 Å². The molecule has 0 aliphatic heterocycles. The second-order valence-corrected chi connectivity index (χ2v) is 5.16. The summed E-state index contributed by atoms with van der Waals surface area (Å²) >= 11 is 0. The molecule has 0 heterocycles. The van der Waals surface area contributed by atoms with Gasteiger partial charge < -0.3 is 15.4 Å². The standard InChI is InChI=1S/C11H24N2O/c1-11(2,3)13-6-5-12-9-7-10(8-9)14-4/h9-10,12-13H,5-8H2,1-4H3. The van der Waals surface area contributed by atoms with Gasteiger partial charge in [0, 0.05) is 31.8 Å². The largest absolute Gasteiger partial charge is 0.381 e. The first kappa shape index (κ1) is 12.0. The first-order valence-electron chi connectivity index (χ1n) is 5.52. The van der Waals surface area contributed by atoms with E-state index in [0.717, 1.165) is 13.1 Å². The molecular formula is C11H24N2O. The third kappa shape index (κ3) is 4.40. The van der Waals surface area contributed by atoms with E-state index >= 15 is 0 Å². The second kappa shape index (κ2) is 5.10. The van der Waals surface area contributed by atoms with Crippen LogP contribution in [0.1, 0.15) is 33.6 Å². The Hall–Kier alpha value is -0.120. The smallest absolute Gasteiger partial charge is 0.0601 e. The molecule has 84 valence electrons. The van der Waals surface area contributed by atoms with E-state index in [1.165, 1.54) is 12.8 Å². The van der Waals surface area contributed by atoms with Gasteiger partial charge in [0.1, 0.15) is 0 Å². The zero-order chi connectivity index (χ0) is 10.6. The molecule has 1 saturated carbocycles. The van der Waals surface area contributed by atoms with E-state index < -0.39 is 0 Å². The van der Waals surface area contributed by atoms with Crippen LogP contribution in [0.3, 0.4) is 0 Å². The van der Waals surface area contributed by atoms with Gasteiger partial charge in [-0.15, -0.1) is 0 Å². The van der Waals surface area contributed by atoms with Crippen LogP contribution in [0, 0.1) is 0 Å². The zero-order valence-electron chi connectivity index (χ0n) is 9.89. The quantitative estimate of drug-likeness (QED) is 0.653. The van der Waals surface area contributed by atoms with Crippen molar-refractivity contribution in [3.63, 3.8) is 0 Å². The van der Waals surface area contributed by atoms with Gasteiger partial charge in [-0.25, -0.2) is 0 Å². The van der Waals surface area contributed by atoms with Crippen molar-refractivity contribution in [2.75, 3.05) is 20.2 Å². The molecule has 2 N–H and O–H groups in total. The fraction of sp³-hybridized carbons (Fsp3) is 1.00. The Kier molecular flexibility index (Phi) is 4.35. The molecule has 3 nitrogen and oxygen atoms in total. The molecule has 0 amide bonds. The van der Waals surface area contributed by atoms with Crippen molar-refractivity contribution in [3.05, 3.63) is 0 Å². The molecule has 0 radical (unpaired) electrons. The molecule has 1 fully saturated rings. The summed E-state index contributed by atoms with van der Waals surface area (Å²) in [6.45, 7) is 8.67. The SMILES string of the molecule is COC1CC(NCCNC(C)(C)C)C1. The van der Waals surface area contributed by atoms with Crippen LogP contribution < -0.4 is 10.6 Å². The normalized spacial score (nSPS) is 27.4. The molecule has 0 aromatic heterocycles. The van der Waals surface area contributed by atoms with Gasteiger partial charge in [0.2, 0.25) is 0 Å². The highest BCUT2D eigenvalue weighted by molar-refractivity contribution is 4.85. The van der Waals surface area contributed by atoms with Crippen LogP contribution in [-0.2, 0) is 4.74 Å². The third-order valence-corrected chi connectivity index (χ3v) is 2.64. The van der Waals surface area contributed by atoms with E-state index in [4.69, 9.17) is 4.74 Å². The molecule has 14 heavy (non-hydrogen) atoms. The van der Waals surface area contributed by atoms with Crippen molar-refractivity contribution in [1.82, 2.24) is 10.6 Å². The van der Waals surface area contributed by atoms with Crippen LogP contribution in [0.25, 0.3) is 0 Å². The minimum Gasteiger partial charge on any atom is -0.381 e. The Labute approximate surface area is 87.6 Å². The van der Waals surface area contributed by atoms with Crippen LogP contribution >= 0.6 is 0 Å². The molecule has 0 unspecified atom stereocenters. The molecule has 1 rings (SSSR count). The summed E-state index contributed by atoms with van der Waals surface area (Å²) in [6, 6.07) is 0.682. The van der Waals surface area contributed by atoms with Gasteiger partial charge in [0.05, 0.1) is 6.10 Å². The van der Waals surface area contributed by atoms with Crippen molar-refractivity contribution >= 4 is 0 Å². The number of nitrogens with one attached hydrogen (secondary N) is 2. The van der Waals surface area contributed by atoms with E-state index in [9.17, 15) is 0 Å². The summed E-state index contributed by atoms with van der Waals surface area (Å²) < 4.78 is 5.22. The van der Waals surface area contributed by atoms with Crippen molar-refractivity contribution in [2.24, 2.45) is 0 Å². The Morgan fingerprint density at radius 3 is 2.36 bits per heavy atom. The Bertz CT molecular complexity index is 159. The number of methoxy groups -OCH3 is 1. The van der Waals surface area contributed by atoms with Gasteiger partial charge in [0.15, 0.2) is 0 Å². The summed E-state index contributed by atoms with van der Waals surface area (Å²) in [4.78, 5) is 0. The highest BCUT2D eigenvalue weighted by Crippen LogP contribution is 2.21. The predicted molar refractivity (Wildman–Crippen MR) is 59.6 cm³/mol. The number of hydrogen-bond donors (Lipinski definition) is 2. The average Bonchev–Trinajstić information content (AvgIpc) is 1.98. The fourth-order valence-electron chi connectivity index (χ4n) is 1.64. The summed E-state index contributed by atoms with van der Waals surface area (Å²) in [7, 11) is 1.79. The number of ether oxygens (including phenoxy) is 1. The molecule has 1 aliphatic carbocycles. The highest BCUT2D eigenvalue weighted by atomic mass is 16.5. The monoisotopic (exact) mass is 200 g/mol. The number of rotatable bonds is 5. The molecule has 0 aromatic carbocycles. The lowest BCUT2D eigenvalue weighted by atomic mass is 9.89. The van der Waals surface area contributed by atoms with Crippen molar-refractivity contribution < 1.29 is 4.74 Å². The predicted octanol–water partition coefficient (Wildman–Crippen LogP) is 1.14. The van der Waals surface area contributed by atoms with E-state index in [0.29, 0.717) is 12.1 Å². The maximum absolute atomic E-state index is 5.22. The van der Waals surface area contributed by atoms with Crippen LogP contribution in [0.4, 0.5) is 0 Å². The van der Waals surface area contributed by atoms with E-state index in [-0.39, 0.29) is 5.54 Å². The molecule has 1 aliphatic rings. The maximum Gasteiger partial charge on any atom is 0.0601 e. The van der Waals surface area contributed by atoms with Crippen molar-refractivity contribution in [3.8, 4) is 0 Å². The molecule has 0 spiro atoms. The molecule has 0 aromatic rings. The van der Waals surface area contributed by atoms with Gasteiger partial charge >= 0.3 is 0 Å². The molecule has 0 saturated heterocycles. The number of hydrogen-bond acceptors (Lipinski definition) is 3. The molecule has 3 heteroatoms. The summed E-state index contributed by atoms with van der Waals surface area (Å²) in [5, 5.41) is 6.97. The van der Waals surface area contributed by atoms with E-state index in [1.807, 2.05) is 0 Å². The lowest BCUT2D eigenvalue weighted by Crippen LogP contribution is -2.48. The zero-order valence-corrected chi connectivity index (χ0v) is 9.89. The van der Waals surface area contributed by atoms with Crippen LogP contribution in [0.2, 0.25) is 0 Å². The lowest BCUT2D eigenvalue weighted by molar-refractivity contribution is 0.0176. The summed E-state index contributed by atoms with van der Waals surface area (Å²) in [5.41, 5.74) is 0.232. The molecule has 0 atom stereocenters. The third-order valence-electron chi connectivity index (χ3n) is 2.64. The Balaban J connectivity index is 1.91. The first-order valence-corrected chi connectivity index (χ1v) is 5.52. The van der Waals surface area contributed by atoms with Crippen molar-refractivity contribution in [2.45, 2.75) is 51.3 Å². The minimum atomic E-state index is 0.232. The molecule has 0 bridgehead atoms. The lowest BCUT2D eigenvalue weighted by Gasteiger charge is -2.35. The highest BCUT2D eigenvalue weighted by Gasteiger charge is 2.27. The fourth-order valence-corrected chi connectivity index (χ4v) is 1.64. The van der Waals surface area contributed by atoms with Crippen LogP contribution in [0.5, 0.6) is 0 Å². The summed E-state index contributed by atoms with van der Waals surface area (Å²) in [6.07, 6.45) is 2.85. The average molecular weight is 200 g/mol. The first-order chi connectivity index (χ1) is 6.51. The van der Waals surface area contributed by atoms with Crippen LogP contribution in [-0.4, -0.2) is 37.9 Å². The minimum absolute atomic E-state index is 0.232. The Morgan fingerprint density at radius 2 is 1.86 bits per heavy atom. The Morgan fingerprint density at radius 1 is 1.21 bits per heavy atom. The van der Waals surface area contributed by atoms with E-state index in [1.54, 1.807) is 7.11 Å². The maximum atomic E-state index is 5.22.